The number of nitrogens with zero attached hydrogens (tertiary/aromatic N) is 1. The van der Waals surface area contributed by atoms with Crippen molar-refractivity contribution in [3.05, 3.63) is 75.1 Å². The maximum absolute atomic E-state index is 8.14. The summed E-state index contributed by atoms with van der Waals surface area (Å²) in [4.78, 5) is 3.44. The summed E-state index contributed by atoms with van der Waals surface area (Å²) in [6.45, 7) is 22.1. The maximum Gasteiger partial charge on any atom is 0.123 e. The van der Waals surface area contributed by atoms with Gasteiger partial charge in [-0.05, 0) is 59.1 Å². The van der Waals surface area contributed by atoms with E-state index in [1.807, 2.05) is 39.0 Å². The fourth-order valence-corrected chi connectivity index (χ4v) is 3.79. The minimum Gasteiger partial charge on any atom is -0.399 e. The predicted octanol–water partition coefficient (Wildman–Crippen LogP) is 7.87. The molecule has 2 heterocycles. The summed E-state index contributed by atoms with van der Waals surface area (Å²) in [5.74, 6) is 0.629. The molecule has 0 atom stereocenters. The number of thiophene rings is 1. The lowest BCUT2D eigenvalue weighted by molar-refractivity contribution is 0.396. The molecule has 0 saturated carbocycles. The van der Waals surface area contributed by atoms with Crippen LogP contribution >= 0.6 is 11.3 Å². The first-order valence-corrected chi connectivity index (χ1v) is 12.0. The standard InChI is InChI=1S/C14H19N3S.C10H16.C3H8/c1-4-9(2)14(16)17-6-5-11-12(10(3)15)8-18-13(11)7-17;1-5-6-7-8-10(4)9(2)3;1-3-2/h4,8,16H,3,5-7,15H2,1-2H3;5-8H,1-4H3;3H2,1-2H3/b9-4+,16-14?;6-5-,8-7-;. The Morgan fingerprint density at radius 3 is 2.29 bits per heavy atom. The predicted molar refractivity (Wildman–Crippen MR) is 143 cm³/mol. The molecule has 3 nitrogen and oxygen atoms in total. The van der Waals surface area contributed by atoms with Gasteiger partial charge in [0.1, 0.15) is 5.84 Å². The molecule has 1 aliphatic heterocycles. The van der Waals surface area contributed by atoms with Gasteiger partial charge in [0.05, 0.1) is 6.54 Å². The molecule has 4 heteroatoms. The van der Waals surface area contributed by atoms with Gasteiger partial charge in [0, 0.05) is 28.1 Å². The molecule has 1 aromatic rings. The lowest BCUT2D eigenvalue weighted by Gasteiger charge is -2.30. The topological polar surface area (TPSA) is 53.1 Å². The van der Waals surface area contributed by atoms with Crippen LogP contribution in [0.2, 0.25) is 0 Å². The van der Waals surface area contributed by atoms with Gasteiger partial charge in [-0.1, -0.05) is 68.4 Å². The fourth-order valence-electron chi connectivity index (χ4n) is 2.65. The molecule has 0 spiro atoms. The molecule has 0 aromatic carbocycles. The van der Waals surface area contributed by atoms with Gasteiger partial charge in [0.25, 0.3) is 0 Å². The van der Waals surface area contributed by atoms with E-state index in [0.29, 0.717) is 11.5 Å². The van der Waals surface area contributed by atoms with E-state index in [4.69, 9.17) is 11.1 Å². The highest BCUT2D eigenvalue weighted by Crippen LogP contribution is 2.31. The average Bonchev–Trinajstić information content (AvgIpc) is 3.17. The van der Waals surface area contributed by atoms with Crippen LogP contribution in [0.1, 0.15) is 77.8 Å². The molecular weight excluding hydrogens is 398 g/mol. The lowest BCUT2D eigenvalue weighted by atomic mass is 10.0. The highest BCUT2D eigenvalue weighted by Gasteiger charge is 2.23. The Morgan fingerprint density at radius 2 is 1.81 bits per heavy atom. The molecule has 0 radical (unpaired) electrons. The molecule has 31 heavy (non-hydrogen) atoms. The third-order valence-corrected chi connectivity index (χ3v) is 5.87. The molecule has 0 amide bonds. The van der Waals surface area contributed by atoms with Gasteiger partial charge in [-0.15, -0.1) is 11.3 Å². The number of allylic oxidation sites excluding steroid dienone is 7. The first-order valence-electron chi connectivity index (χ1n) is 11.1. The zero-order valence-electron chi connectivity index (χ0n) is 20.9. The zero-order chi connectivity index (χ0) is 24.0. The van der Waals surface area contributed by atoms with Crippen LogP contribution in [0.5, 0.6) is 0 Å². The number of nitrogens with one attached hydrogen (secondary N) is 1. The number of rotatable bonds is 4. The summed E-state index contributed by atoms with van der Waals surface area (Å²) in [7, 11) is 0. The molecule has 0 aliphatic carbocycles. The van der Waals surface area contributed by atoms with Crippen molar-refractivity contribution in [3.8, 4) is 0 Å². The first kappa shape index (κ1) is 28.7. The van der Waals surface area contributed by atoms with E-state index in [1.165, 1.54) is 28.0 Å². The van der Waals surface area contributed by atoms with Gasteiger partial charge in [0.2, 0.25) is 0 Å². The van der Waals surface area contributed by atoms with Crippen LogP contribution in [0.25, 0.3) is 5.70 Å². The van der Waals surface area contributed by atoms with Crippen molar-refractivity contribution in [1.29, 1.82) is 5.41 Å². The van der Waals surface area contributed by atoms with Crippen molar-refractivity contribution in [2.45, 2.75) is 74.8 Å². The smallest absolute Gasteiger partial charge is 0.123 e. The summed E-state index contributed by atoms with van der Waals surface area (Å²) in [5, 5.41) is 10.2. The molecule has 0 bridgehead atoms. The Morgan fingerprint density at radius 1 is 1.19 bits per heavy atom. The van der Waals surface area contributed by atoms with Crippen molar-refractivity contribution >= 4 is 22.9 Å². The second-order valence-corrected chi connectivity index (χ2v) is 8.81. The van der Waals surface area contributed by atoms with Gasteiger partial charge in [-0.3, -0.25) is 5.41 Å². The SMILES string of the molecule is C/C=C\C=C/C(C)=C(C)C.C=C(N)c1csc2c1CCN(C(=N)/C(C)=C/C)C2.CCC. The number of hydrogen-bond donors (Lipinski definition) is 2. The summed E-state index contributed by atoms with van der Waals surface area (Å²) < 4.78 is 0. The first-order chi connectivity index (χ1) is 14.6. The largest absolute Gasteiger partial charge is 0.399 e. The molecular formula is C27H43N3S. The van der Waals surface area contributed by atoms with Crippen LogP contribution in [0.3, 0.4) is 0 Å². The highest BCUT2D eigenvalue weighted by atomic mass is 32.1. The van der Waals surface area contributed by atoms with E-state index in [2.05, 4.69) is 63.6 Å². The molecule has 0 fully saturated rings. The van der Waals surface area contributed by atoms with Crippen molar-refractivity contribution < 1.29 is 0 Å². The van der Waals surface area contributed by atoms with Gasteiger partial charge in [-0.25, -0.2) is 0 Å². The van der Waals surface area contributed by atoms with Gasteiger partial charge in [0.15, 0.2) is 0 Å². The Balaban J connectivity index is 0.000000588. The Bertz CT molecular complexity index is 831. The van der Waals surface area contributed by atoms with Gasteiger partial charge in [-0.2, -0.15) is 0 Å². The van der Waals surface area contributed by atoms with Crippen LogP contribution in [0.4, 0.5) is 0 Å². The Kier molecular flexibility index (Phi) is 14.3. The normalized spacial score (nSPS) is 13.2. The van der Waals surface area contributed by atoms with E-state index in [1.54, 1.807) is 11.3 Å². The molecule has 172 valence electrons. The van der Waals surface area contributed by atoms with Crippen LogP contribution in [0.15, 0.2) is 59.1 Å². The van der Waals surface area contributed by atoms with E-state index in [9.17, 15) is 0 Å². The molecule has 2 rings (SSSR count). The average molecular weight is 442 g/mol. The summed E-state index contributed by atoms with van der Waals surface area (Å²) in [6, 6.07) is 0. The van der Waals surface area contributed by atoms with Crippen LogP contribution in [-0.4, -0.2) is 17.3 Å². The van der Waals surface area contributed by atoms with Crippen molar-refractivity contribution in [3.63, 3.8) is 0 Å². The summed E-state index contributed by atoms with van der Waals surface area (Å²) in [5.41, 5.74) is 12.6. The van der Waals surface area contributed by atoms with Crippen molar-refractivity contribution in [2.24, 2.45) is 5.73 Å². The summed E-state index contributed by atoms with van der Waals surface area (Å²) >= 11 is 1.72. The second-order valence-electron chi connectivity index (χ2n) is 7.84. The van der Waals surface area contributed by atoms with E-state index < -0.39 is 0 Å². The minimum absolute atomic E-state index is 0.629. The Labute approximate surface area is 195 Å². The number of nitrogens with two attached hydrogens (primary N) is 1. The second kappa shape index (κ2) is 15.5. The molecule has 1 aliphatic rings. The third kappa shape index (κ3) is 10.0. The molecule has 1 aromatic heterocycles. The number of hydrogen-bond acceptors (Lipinski definition) is 3. The van der Waals surface area contributed by atoms with Crippen LogP contribution in [0, 0.1) is 5.41 Å². The number of fused-ring (bicyclic) bond motifs is 1. The van der Waals surface area contributed by atoms with E-state index >= 15 is 0 Å². The zero-order valence-corrected chi connectivity index (χ0v) is 21.7. The monoisotopic (exact) mass is 441 g/mol. The van der Waals surface area contributed by atoms with E-state index in [0.717, 1.165) is 30.6 Å². The molecule has 0 saturated heterocycles. The van der Waals surface area contributed by atoms with E-state index in [-0.39, 0.29) is 0 Å². The Hall–Kier alpha value is -2.33. The highest BCUT2D eigenvalue weighted by molar-refractivity contribution is 7.10. The van der Waals surface area contributed by atoms with Gasteiger partial charge < -0.3 is 10.6 Å². The fraction of sp³-hybridized carbons (Fsp3) is 0.444. The molecule has 0 unspecified atom stereocenters. The third-order valence-electron chi connectivity index (χ3n) is 4.85. The van der Waals surface area contributed by atoms with Crippen molar-refractivity contribution in [1.82, 2.24) is 4.90 Å². The lowest BCUT2D eigenvalue weighted by Crippen LogP contribution is -2.35. The minimum atomic E-state index is 0.629. The maximum atomic E-state index is 8.14. The van der Waals surface area contributed by atoms with Crippen molar-refractivity contribution in [2.75, 3.05) is 6.54 Å². The van der Waals surface area contributed by atoms with Gasteiger partial charge >= 0.3 is 0 Å². The van der Waals surface area contributed by atoms with Crippen LogP contribution in [-0.2, 0) is 13.0 Å². The summed E-state index contributed by atoms with van der Waals surface area (Å²) in [6.07, 6.45) is 12.4. The molecule has 3 N–H and O–H groups in total. The number of amidine groups is 1. The van der Waals surface area contributed by atoms with Crippen LogP contribution < -0.4 is 5.73 Å². The quantitative estimate of drug-likeness (QED) is 0.284.